The number of hydrogen-bond acceptors (Lipinski definition) is 3. The van der Waals surface area contributed by atoms with Gasteiger partial charge in [0.25, 0.3) is 0 Å². The molecule has 0 aliphatic carbocycles. The van der Waals surface area contributed by atoms with Crippen LogP contribution in [0.4, 0.5) is 0 Å². The summed E-state index contributed by atoms with van der Waals surface area (Å²) in [5, 5.41) is 9.32. The minimum atomic E-state index is -1.03. The number of aromatic nitrogens is 1. The molecule has 0 aliphatic rings. The predicted octanol–water partition coefficient (Wildman–Crippen LogP) is 3.81. The Morgan fingerprint density at radius 1 is 1.10 bits per heavy atom. The molecule has 0 saturated carbocycles. The molecule has 0 unspecified atom stereocenters. The minimum absolute atomic E-state index is 0.108. The van der Waals surface area contributed by atoms with Gasteiger partial charge in [0.05, 0.1) is 0 Å². The van der Waals surface area contributed by atoms with Gasteiger partial charge in [-0.25, -0.2) is 9.78 Å². The Balaban J connectivity index is 2.53. The van der Waals surface area contributed by atoms with Crippen molar-refractivity contribution in [3.8, 4) is 11.6 Å². The molecule has 0 radical (unpaired) electrons. The molecule has 0 spiro atoms. The fraction of sp³-hybridized carbons (Fsp3) is 0.250. The van der Waals surface area contributed by atoms with Crippen molar-refractivity contribution in [1.29, 1.82) is 0 Å². The van der Waals surface area contributed by atoms with E-state index in [1.807, 2.05) is 39.0 Å². The smallest absolute Gasteiger partial charge is 0.341 e. The van der Waals surface area contributed by atoms with Crippen LogP contribution in [0.15, 0.2) is 24.3 Å². The highest BCUT2D eigenvalue weighted by atomic mass is 16.5. The molecule has 0 bridgehead atoms. The predicted molar refractivity (Wildman–Crippen MR) is 76.7 cm³/mol. The number of rotatable bonds is 3. The van der Waals surface area contributed by atoms with Gasteiger partial charge in [0.2, 0.25) is 5.88 Å². The lowest BCUT2D eigenvalue weighted by molar-refractivity contribution is 0.0692. The molecule has 0 atom stereocenters. The summed E-state index contributed by atoms with van der Waals surface area (Å²) in [5.41, 5.74) is 3.47. The largest absolute Gasteiger partial charge is 0.477 e. The molecule has 20 heavy (non-hydrogen) atoms. The van der Waals surface area contributed by atoms with Crippen LogP contribution in [0.1, 0.15) is 32.7 Å². The second-order valence-electron chi connectivity index (χ2n) is 4.94. The third kappa shape index (κ3) is 2.79. The lowest BCUT2D eigenvalue weighted by Gasteiger charge is -2.13. The van der Waals surface area contributed by atoms with E-state index in [1.165, 1.54) is 0 Å². The monoisotopic (exact) mass is 271 g/mol. The Kier molecular flexibility index (Phi) is 3.74. The van der Waals surface area contributed by atoms with Gasteiger partial charge in [-0.05, 0) is 56.5 Å². The number of hydrogen-bond donors (Lipinski definition) is 1. The van der Waals surface area contributed by atoms with E-state index in [0.29, 0.717) is 11.3 Å². The van der Waals surface area contributed by atoms with Gasteiger partial charge < -0.3 is 9.84 Å². The number of benzene rings is 1. The SMILES string of the molecule is Cc1ccc(C)c(Oc2nc(C)cc(C)c2C(=O)O)c1. The van der Waals surface area contributed by atoms with Crippen molar-refractivity contribution in [3.05, 3.63) is 52.2 Å². The summed E-state index contributed by atoms with van der Waals surface area (Å²) >= 11 is 0. The normalized spacial score (nSPS) is 10.4. The van der Waals surface area contributed by atoms with E-state index >= 15 is 0 Å². The topological polar surface area (TPSA) is 59.4 Å². The Hall–Kier alpha value is -2.36. The van der Waals surface area contributed by atoms with Gasteiger partial charge >= 0.3 is 5.97 Å². The van der Waals surface area contributed by atoms with Crippen LogP contribution in [0.5, 0.6) is 11.6 Å². The summed E-state index contributed by atoms with van der Waals surface area (Å²) in [6.07, 6.45) is 0. The Labute approximate surface area is 118 Å². The first-order chi connectivity index (χ1) is 9.38. The molecule has 2 rings (SSSR count). The molecular weight excluding hydrogens is 254 g/mol. The van der Waals surface area contributed by atoms with Gasteiger partial charge in [-0.15, -0.1) is 0 Å². The van der Waals surface area contributed by atoms with E-state index < -0.39 is 5.97 Å². The van der Waals surface area contributed by atoms with Crippen LogP contribution in [0.25, 0.3) is 0 Å². The highest BCUT2D eigenvalue weighted by Crippen LogP contribution is 2.29. The number of aryl methyl sites for hydroxylation is 4. The number of nitrogens with zero attached hydrogens (tertiary/aromatic N) is 1. The molecule has 2 aromatic rings. The average Bonchev–Trinajstić information content (AvgIpc) is 2.32. The highest BCUT2D eigenvalue weighted by Gasteiger charge is 2.18. The zero-order chi connectivity index (χ0) is 14.9. The zero-order valence-corrected chi connectivity index (χ0v) is 12.0. The molecule has 1 heterocycles. The van der Waals surface area contributed by atoms with E-state index in [-0.39, 0.29) is 11.4 Å². The Morgan fingerprint density at radius 2 is 1.80 bits per heavy atom. The van der Waals surface area contributed by atoms with Crippen molar-refractivity contribution in [2.45, 2.75) is 27.7 Å². The molecule has 1 aromatic carbocycles. The Morgan fingerprint density at radius 3 is 2.45 bits per heavy atom. The number of ether oxygens (including phenoxy) is 1. The first-order valence-electron chi connectivity index (χ1n) is 6.35. The quantitative estimate of drug-likeness (QED) is 0.922. The molecule has 1 aromatic heterocycles. The lowest BCUT2D eigenvalue weighted by atomic mass is 10.1. The molecule has 4 nitrogen and oxygen atoms in total. The summed E-state index contributed by atoms with van der Waals surface area (Å²) in [4.78, 5) is 15.6. The number of carboxylic acids is 1. The summed E-state index contributed by atoms with van der Waals surface area (Å²) in [6, 6.07) is 7.53. The second kappa shape index (κ2) is 5.33. The van der Waals surface area contributed by atoms with E-state index in [4.69, 9.17) is 4.74 Å². The summed E-state index contributed by atoms with van der Waals surface area (Å²) in [6.45, 7) is 7.43. The van der Waals surface area contributed by atoms with Crippen molar-refractivity contribution in [2.24, 2.45) is 0 Å². The van der Waals surface area contributed by atoms with Crippen LogP contribution >= 0.6 is 0 Å². The molecule has 0 fully saturated rings. The fourth-order valence-electron chi connectivity index (χ4n) is 2.06. The number of carbonyl (C=O) groups is 1. The number of pyridine rings is 1. The van der Waals surface area contributed by atoms with Crippen LogP contribution < -0.4 is 4.74 Å². The van der Waals surface area contributed by atoms with Gasteiger partial charge in [0.1, 0.15) is 11.3 Å². The third-order valence-electron chi connectivity index (χ3n) is 3.08. The van der Waals surface area contributed by atoms with Gasteiger partial charge in [-0.1, -0.05) is 12.1 Å². The van der Waals surface area contributed by atoms with Gasteiger partial charge in [0, 0.05) is 5.69 Å². The van der Waals surface area contributed by atoms with Crippen molar-refractivity contribution in [1.82, 2.24) is 4.98 Å². The summed E-state index contributed by atoms with van der Waals surface area (Å²) in [7, 11) is 0. The molecule has 0 saturated heterocycles. The first-order valence-corrected chi connectivity index (χ1v) is 6.35. The van der Waals surface area contributed by atoms with Gasteiger partial charge in [-0.3, -0.25) is 0 Å². The number of carboxylic acid groups (broad SMARTS) is 1. The highest BCUT2D eigenvalue weighted by molar-refractivity contribution is 5.92. The maximum Gasteiger partial charge on any atom is 0.341 e. The average molecular weight is 271 g/mol. The van der Waals surface area contributed by atoms with Crippen molar-refractivity contribution in [3.63, 3.8) is 0 Å². The van der Waals surface area contributed by atoms with Crippen molar-refractivity contribution < 1.29 is 14.6 Å². The van der Waals surface area contributed by atoms with Crippen LogP contribution in [-0.4, -0.2) is 16.1 Å². The van der Waals surface area contributed by atoms with Crippen LogP contribution in [-0.2, 0) is 0 Å². The van der Waals surface area contributed by atoms with Crippen LogP contribution in [0.2, 0.25) is 0 Å². The van der Waals surface area contributed by atoms with E-state index in [1.54, 1.807) is 13.0 Å². The lowest BCUT2D eigenvalue weighted by Crippen LogP contribution is -2.06. The molecule has 0 aliphatic heterocycles. The van der Waals surface area contributed by atoms with E-state index in [9.17, 15) is 9.90 Å². The van der Waals surface area contributed by atoms with Crippen molar-refractivity contribution >= 4 is 5.97 Å². The van der Waals surface area contributed by atoms with Crippen molar-refractivity contribution in [2.75, 3.05) is 0 Å². The molecule has 4 heteroatoms. The maximum atomic E-state index is 11.4. The van der Waals surface area contributed by atoms with Gasteiger partial charge in [-0.2, -0.15) is 0 Å². The molecule has 104 valence electrons. The third-order valence-corrected chi connectivity index (χ3v) is 3.08. The fourth-order valence-corrected chi connectivity index (χ4v) is 2.06. The molecular formula is C16H17NO3. The summed E-state index contributed by atoms with van der Waals surface area (Å²) < 4.78 is 5.75. The van der Waals surface area contributed by atoms with Crippen LogP contribution in [0.3, 0.4) is 0 Å². The minimum Gasteiger partial charge on any atom is -0.477 e. The summed E-state index contributed by atoms with van der Waals surface area (Å²) in [5.74, 6) is -0.260. The molecule has 1 N–H and O–H groups in total. The standard InChI is InChI=1S/C16H17NO3/c1-9-5-6-10(2)13(7-9)20-15-14(16(18)19)11(3)8-12(4)17-15/h5-8H,1-4H3,(H,18,19). The van der Waals surface area contributed by atoms with Crippen LogP contribution in [0, 0.1) is 27.7 Å². The Bertz CT molecular complexity index is 678. The molecule has 0 amide bonds. The first kappa shape index (κ1) is 14.1. The number of aromatic carboxylic acids is 1. The maximum absolute atomic E-state index is 11.4. The second-order valence-corrected chi connectivity index (χ2v) is 4.94. The van der Waals surface area contributed by atoms with E-state index in [0.717, 1.165) is 16.8 Å². The van der Waals surface area contributed by atoms with E-state index in [2.05, 4.69) is 4.98 Å². The zero-order valence-electron chi connectivity index (χ0n) is 12.0. The van der Waals surface area contributed by atoms with Gasteiger partial charge in [0.15, 0.2) is 0 Å².